The summed E-state index contributed by atoms with van der Waals surface area (Å²) in [5.41, 5.74) is 2.30. The van der Waals surface area contributed by atoms with Crippen LogP contribution < -0.4 is 4.87 Å². The third-order valence-electron chi connectivity index (χ3n) is 3.64. The summed E-state index contributed by atoms with van der Waals surface area (Å²) in [7, 11) is 0. The number of carbonyl (C=O) groups is 1. The highest BCUT2D eigenvalue weighted by Gasteiger charge is 2.15. The third-order valence-corrected chi connectivity index (χ3v) is 5.19. The number of rotatable bonds is 4. The number of H-pyrrole nitrogens is 1. The minimum absolute atomic E-state index is 0.185. The van der Waals surface area contributed by atoms with E-state index < -0.39 is 5.97 Å². The number of aromatic carboxylic acids is 1. The molecule has 0 aliphatic heterocycles. The standard InChI is InChI=1S/C17H11Cl2NO4S/c18-12-5-10(8-1-3-9(4-2-8)16(22)23)6-13(19)11(12)7-14-15(21)20-17(24)25-14/h1-6,21H,7H2,(H,20,24)(H,22,23). The summed E-state index contributed by atoms with van der Waals surface area (Å²) in [5.74, 6) is -1.18. The molecule has 0 unspecified atom stereocenters. The summed E-state index contributed by atoms with van der Waals surface area (Å²) in [4.78, 5) is 24.6. The molecule has 2 aromatic carbocycles. The SMILES string of the molecule is O=C(O)c1ccc(-c2cc(Cl)c(Cc3sc(=O)[nH]c3O)c(Cl)c2)cc1. The molecule has 0 radical (unpaired) electrons. The highest BCUT2D eigenvalue weighted by atomic mass is 35.5. The second kappa shape index (κ2) is 6.92. The molecule has 5 nitrogen and oxygen atoms in total. The Morgan fingerprint density at radius 2 is 1.68 bits per heavy atom. The molecule has 0 bridgehead atoms. The van der Waals surface area contributed by atoms with Gasteiger partial charge in [0.05, 0.1) is 10.4 Å². The van der Waals surface area contributed by atoms with Crippen molar-refractivity contribution in [1.82, 2.24) is 4.98 Å². The van der Waals surface area contributed by atoms with Crippen molar-refractivity contribution >= 4 is 40.5 Å². The Hall–Kier alpha value is -2.28. The molecule has 8 heteroatoms. The van der Waals surface area contributed by atoms with Crippen LogP contribution in [-0.2, 0) is 6.42 Å². The van der Waals surface area contributed by atoms with Gasteiger partial charge in [0.15, 0.2) is 0 Å². The maximum absolute atomic E-state index is 11.3. The average Bonchev–Trinajstić information content (AvgIpc) is 2.88. The van der Waals surface area contributed by atoms with E-state index in [1.807, 2.05) is 0 Å². The first kappa shape index (κ1) is 17.5. The molecule has 0 fully saturated rings. The van der Waals surface area contributed by atoms with E-state index in [-0.39, 0.29) is 22.7 Å². The Bertz CT molecular complexity index is 985. The van der Waals surface area contributed by atoms with Crippen LogP contribution in [0.25, 0.3) is 11.1 Å². The molecule has 3 rings (SSSR count). The molecule has 0 saturated carbocycles. The lowest BCUT2D eigenvalue weighted by Crippen LogP contribution is -1.95. The predicted molar refractivity (Wildman–Crippen MR) is 98.3 cm³/mol. The van der Waals surface area contributed by atoms with Gasteiger partial charge in [0.25, 0.3) is 0 Å². The van der Waals surface area contributed by atoms with E-state index in [1.165, 1.54) is 12.1 Å². The molecule has 1 aromatic heterocycles. The number of aromatic hydroxyl groups is 1. The second-order valence-corrected chi connectivity index (χ2v) is 7.15. The molecular weight excluding hydrogens is 385 g/mol. The molecular formula is C17H11Cl2NO4S. The van der Waals surface area contributed by atoms with Crippen LogP contribution in [0.4, 0.5) is 0 Å². The van der Waals surface area contributed by atoms with Crippen LogP contribution >= 0.6 is 34.5 Å². The van der Waals surface area contributed by atoms with E-state index in [9.17, 15) is 14.7 Å². The minimum atomic E-state index is -0.997. The first-order chi connectivity index (χ1) is 11.8. The number of carboxylic acids is 1. The highest BCUT2D eigenvalue weighted by Crippen LogP contribution is 2.34. The molecule has 128 valence electrons. The number of thiazole rings is 1. The number of carboxylic acid groups (broad SMARTS) is 1. The van der Waals surface area contributed by atoms with Gasteiger partial charge in [-0.05, 0) is 41.0 Å². The molecule has 0 saturated heterocycles. The zero-order valence-corrected chi connectivity index (χ0v) is 14.9. The summed E-state index contributed by atoms with van der Waals surface area (Å²) >= 11 is 13.6. The fourth-order valence-electron chi connectivity index (χ4n) is 2.38. The number of benzene rings is 2. The van der Waals surface area contributed by atoms with Gasteiger partial charge < -0.3 is 10.2 Å². The smallest absolute Gasteiger partial charge is 0.335 e. The molecule has 0 aliphatic rings. The van der Waals surface area contributed by atoms with Crippen molar-refractivity contribution in [2.24, 2.45) is 0 Å². The normalized spacial score (nSPS) is 10.8. The number of aromatic amines is 1. The van der Waals surface area contributed by atoms with Gasteiger partial charge in [-0.15, -0.1) is 0 Å². The van der Waals surface area contributed by atoms with Crippen molar-refractivity contribution in [3.05, 3.63) is 72.1 Å². The van der Waals surface area contributed by atoms with Crippen molar-refractivity contribution in [2.75, 3.05) is 0 Å². The largest absolute Gasteiger partial charge is 0.494 e. The first-order valence-electron chi connectivity index (χ1n) is 7.07. The zero-order valence-electron chi connectivity index (χ0n) is 12.5. The van der Waals surface area contributed by atoms with Crippen molar-refractivity contribution in [3.63, 3.8) is 0 Å². The molecule has 1 heterocycles. The zero-order chi connectivity index (χ0) is 18.1. The van der Waals surface area contributed by atoms with Crippen LogP contribution in [0.1, 0.15) is 20.8 Å². The van der Waals surface area contributed by atoms with Gasteiger partial charge in [0.1, 0.15) is 0 Å². The van der Waals surface area contributed by atoms with Crippen LogP contribution in [0.5, 0.6) is 5.88 Å². The average molecular weight is 396 g/mol. The van der Waals surface area contributed by atoms with E-state index in [2.05, 4.69) is 4.98 Å². The third kappa shape index (κ3) is 3.71. The van der Waals surface area contributed by atoms with Gasteiger partial charge in [-0.2, -0.15) is 0 Å². The molecule has 25 heavy (non-hydrogen) atoms. The summed E-state index contributed by atoms with van der Waals surface area (Å²) in [6.45, 7) is 0. The second-order valence-electron chi connectivity index (χ2n) is 5.26. The molecule has 0 atom stereocenters. The monoisotopic (exact) mass is 395 g/mol. The Balaban J connectivity index is 1.96. The lowest BCUT2D eigenvalue weighted by Gasteiger charge is -2.10. The Morgan fingerprint density at radius 3 is 2.16 bits per heavy atom. The molecule has 0 amide bonds. The summed E-state index contributed by atoms with van der Waals surface area (Å²) < 4.78 is 0. The summed E-state index contributed by atoms with van der Waals surface area (Å²) in [5, 5.41) is 19.4. The quantitative estimate of drug-likeness (QED) is 0.610. The van der Waals surface area contributed by atoms with Crippen LogP contribution in [-0.4, -0.2) is 21.2 Å². The number of halogens is 2. The van der Waals surface area contributed by atoms with Gasteiger partial charge in [-0.1, -0.05) is 46.7 Å². The van der Waals surface area contributed by atoms with E-state index in [0.29, 0.717) is 20.5 Å². The van der Waals surface area contributed by atoms with Gasteiger partial charge >= 0.3 is 10.8 Å². The highest BCUT2D eigenvalue weighted by molar-refractivity contribution is 7.09. The molecule has 3 aromatic rings. The topological polar surface area (TPSA) is 90.4 Å². The minimum Gasteiger partial charge on any atom is -0.494 e. The Kier molecular flexibility index (Phi) is 4.85. The van der Waals surface area contributed by atoms with Gasteiger partial charge in [-0.3, -0.25) is 9.78 Å². The lowest BCUT2D eigenvalue weighted by molar-refractivity contribution is 0.0697. The van der Waals surface area contributed by atoms with Crippen LogP contribution in [0.3, 0.4) is 0 Å². The molecule has 0 spiro atoms. The van der Waals surface area contributed by atoms with E-state index in [1.54, 1.807) is 24.3 Å². The van der Waals surface area contributed by atoms with Crippen LogP contribution in [0, 0.1) is 0 Å². The molecule has 3 N–H and O–H groups in total. The van der Waals surface area contributed by atoms with Gasteiger partial charge in [0, 0.05) is 16.5 Å². The maximum Gasteiger partial charge on any atom is 0.335 e. The maximum atomic E-state index is 11.3. The Labute approximate surface area is 156 Å². The van der Waals surface area contributed by atoms with E-state index >= 15 is 0 Å². The number of aromatic nitrogens is 1. The summed E-state index contributed by atoms with van der Waals surface area (Å²) in [6, 6.07) is 9.78. The van der Waals surface area contributed by atoms with Crippen LogP contribution in [0.15, 0.2) is 41.2 Å². The van der Waals surface area contributed by atoms with Crippen LogP contribution in [0.2, 0.25) is 10.0 Å². The van der Waals surface area contributed by atoms with Crippen molar-refractivity contribution < 1.29 is 15.0 Å². The first-order valence-corrected chi connectivity index (χ1v) is 8.65. The van der Waals surface area contributed by atoms with E-state index in [4.69, 9.17) is 28.3 Å². The fraction of sp³-hybridized carbons (Fsp3) is 0.0588. The van der Waals surface area contributed by atoms with Gasteiger partial charge in [0.2, 0.25) is 5.88 Å². The van der Waals surface area contributed by atoms with Crippen molar-refractivity contribution in [1.29, 1.82) is 0 Å². The summed E-state index contributed by atoms with van der Waals surface area (Å²) in [6.07, 6.45) is 0.227. The molecule has 0 aliphatic carbocycles. The van der Waals surface area contributed by atoms with Crippen molar-refractivity contribution in [2.45, 2.75) is 6.42 Å². The lowest BCUT2D eigenvalue weighted by atomic mass is 10.0. The number of hydrogen-bond donors (Lipinski definition) is 3. The van der Waals surface area contributed by atoms with Crippen molar-refractivity contribution in [3.8, 4) is 17.0 Å². The number of nitrogens with one attached hydrogen (secondary N) is 1. The number of hydrogen-bond acceptors (Lipinski definition) is 4. The van der Waals surface area contributed by atoms with E-state index in [0.717, 1.165) is 22.5 Å². The van der Waals surface area contributed by atoms with Gasteiger partial charge in [-0.25, -0.2) is 4.79 Å². The Morgan fingerprint density at radius 1 is 1.08 bits per heavy atom. The predicted octanol–water partition coefficient (Wildman–Crippen LogP) is 4.40. The fourth-order valence-corrected chi connectivity index (χ4v) is 3.73.